The summed E-state index contributed by atoms with van der Waals surface area (Å²) in [6.45, 7) is 7.21. The molecule has 0 heterocycles. The van der Waals surface area contributed by atoms with Crippen molar-refractivity contribution in [1.29, 1.82) is 5.26 Å². The van der Waals surface area contributed by atoms with Gasteiger partial charge in [0.2, 0.25) is 0 Å². The fourth-order valence-electron chi connectivity index (χ4n) is 4.95. The van der Waals surface area contributed by atoms with Crippen molar-refractivity contribution in [2.24, 2.45) is 0 Å². The van der Waals surface area contributed by atoms with E-state index in [1.165, 1.54) is 11.1 Å². The van der Waals surface area contributed by atoms with Crippen molar-refractivity contribution < 1.29 is 0 Å². The van der Waals surface area contributed by atoms with Crippen LogP contribution in [0.25, 0.3) is 38.2 Å². The van der Waals surface area contributed by atoms with Gasteiger partial charge >= 0.3 is 0 Å². The van der Waals surface area contributed by atoms with E-state index in [4.69, 9.17) is 11.8 Å². The number of nitriles is 1. The van der Waals surface area contributed by atoms with E-state index in [2.05, 4.69) is 113 Å². The van der Waals surface area contributed by atoms with Crippen LogP contribution in [0.15, 0.2) is 152 Å². The topological polar surface area (TPSA) is 31.4 Å². The van der Waals surface area contributed by atoms with Crippen molar-refractivity contribution in [2.75, 3.05) is 4.90 Å². The first-order chi connectivity index (χ1) is 20.2. The van der Waals surface area contributed by atoms with E-state index in [0.717, 1.165) is 39.3 Å². The maximum absolute atomic E-state index is 9.13. The Morgan fingerprint density at radius 1 is 0.439 bits per heavy atom. The fraction of sp³-hybridized carbons (Fsp3) is 0. The lowest BCUT2D eigenvalue weighted by Gasteiger charge is -2.26. The molecule has 6 aromatic carbocycles. The molecule has 0 spiro atoms. The molecule has 0 N–H and O–H groups in total. The van der Waals surface area contributed by atoms with Crippen molar-refractivity contribution in [3.05, 3.63) is 169 Å². The normalized spacial score (nSPS) is 10.4. The van der Waals surface area contributed by atoms with Gasteiger partial charge in [-0.25, -0.2) is 4.85 Å². The molecule has 0 unspecified atom stereocenters. The van der Waals surface area contributed by atoms with Gasteiger partial charge in [-0.05, 0) is 81.9 Å². The molecule has 192 valence electrons. The quantitative estimate of drug-likeness (QED) is 0.203. The van der Waals surface area contributed by atoms with Crippen LogP contribution in [0, 0.1) is 17.9 Å². The van der Waals surface area contributed by atoms with Crippen molar-refractivity contribution in [2.45, 2.75) is 0 Å². The lowest BCUT2D eigenvalue weighted by atomic mass is 10.0. The third kappa shape index (κ3) is 5.48. The van der Waals surface area contributed by atoms with Gasteiger partial charge in [-0.15, -0.1) is 0 Å². The highest BCUT2D eigenvalue weighted by Crippen LogP contribution is 2.37. The number of anilines is 3. The number of hydrogen-bond donors (Lipinski definition) is 0. The molecule has 0 atom stereocenters. The van der Waals surface area contributed by atoms with E-state index in [-0.39, 0.29) is 0 Å². The minimum atomic E-state index is 0.639. The van der Waals surface area contributed by atoms with Gasteiger partial charge in [0.05, 0.1) is 18.2 Å². The van der Waals surface area contributed by atoms with Gasteiger partial charge in [0.15, 0.2) is 5.69 Å². The highest BCUT2D eigenvalue weighted by atomic mass is 15.1. The molecule has 3 nitrogen and oxygen atoms in total. The van der Waals surface area contributed by atoms with Crippen molar-refractivity contribution >= 4 is 22.7 Å². The van der Waals surface area contributed by atoms with E-state index < -0.39 is 0 Å². The molecule has 0 aliphatic heterocycles. The zero-order chi connectivity index (χ0) is 28.0. The molecule has 0 saturated carbocycles. The maximum atomic E-state index is 9.13. The molecule has 41 heavy (non-hydrogen) atoms. The second-order valence-corrected chi connectivity index (χ2v) is 9.69. The lowest BCUT2D eigenvalue weighted by Crippen LogP contribution is -2.09. The highest BCUT2D eigenvalue weighted by Gasteiger charge is 2.14. The molecular formula is C38H25N3. The molecule has 6 rings (SSSR count). The van der Waals surface area contributed by atoms with Gasteiger partial charge in [-0.2, -0.15) is 5.26 Å². The first-order valence-electron chi connectivity index (χ1n) is 13.4. The molecule has 3 heteroatoms. The van der Waals surface area contributed by atoms with Gasteiger partial charge in [0.1, 0.15) is 0 Å². The predicted molar refractivity (Wildman–Crippen MR) is 168 cm³/mol. The predicted octanol–water partition coefficient (Wildman–Crippen LogP) is 10.6. The van der Waals surface area contributed by atoms with Crippen LogP contribution in [0.4, 0.5) is 22.7 Å². The number of rotatable bonds is 6. The van der Waals surface area contributed by atoms with Crippen LogP contribution in [-0.4, -0.2) is 0 Å². The highest BCUT2D eigenvalue weighted by molar-refractivity contribution is 5.81. The van der Waals surface area contributed by atoms with Gasteiger partial charge in [0.25, 0.3) is 0 Å². The minimum absolute atomic E-state index is 0.639. The third-order valence-corrected chi connectivity index (χ3v) is 7.16. The summed E-state index contributed by atoms with van der Waals surface area (Å²) in [5, 5.41) is 9.13. The largest absolute Gasteiger partial charge is 0.311 e. The summed E-state index contributed by atoms with van der Waals surface area (Å²) < 4.78 is 0. The number of nitrogens with zero attached hydrogens (tertiary/aromatic N) is 3. The van der Waals surface area contributed by atoms with Crippen molar-refractivity contribution in [3.63, 3.8) is 0 Å². The maximum Gasteiger partial charge on any atom is 0.187 e. The Labute approximate surface area is 240 Å². The second kappa shape index (κ2) is 11.5. The Balaban J connectivity index is 1.36. The molecule has 0 saturated heterocycles. The van der Waals surface area contributed by atoms with Gasteiger partial charge in [0, 0.05) is 17.1 Å². The van der Waals surface area contributed by atoms with Gasteiger partial charge in [-0.3, -0.25) is 0 Å². The van der Waals surface area contributed by atoms with Crippen LogP contribution in [0.1, 0.15) is 5.56 Å². The molecule has 0 bridgehead atoms. The van der Waals surface area contributed by atoms with E-state index in [9.17, 15) is 0 Å². The summed E-state index contributed by atoms with van der Waals surface area (Å²) in [5.41, 5.74) is 11.1. The van der Waals surface area contributed by atoms with E-state index in [1.54, 1.807) is 0 Å². The first-order valence-corrected chi connectivity index (χ1v) is 13.4. The molecule has 6 aromatic rings. The summed E-state index contributed by atoms with van der Waals surface area (Å²) in [6.07, 6.45) is 0. The van der Waals surface area contributed by atoms with Crippen LogP contribution in [-0.2, 0) is 0 Å². The third-order valence-electron chi connectivity index (χ3n) is 7.16. The zero-order valence-corrected chi connectivity index (χ0v) is 22.3. The number of hydrogen-bond acceptors (Lipinski definition) is 2. The average Bonchev–Trinajstić information content (AvgIpc) is 3.06. The fourth-order valence-corrected chi connectivity index (χ4v) is 4.95. The van der Waals surface area contributed by atoms with Gasteiger partial charge in [-0.1, -0.05) is 103 Å². The Morgan fingerprint density at radius 3 is 1.15 bits per heavy atom. The molecule has 0 aromatic heterocycles. The first kappa shape index (κ1) is 25.4. The lowest BCUT2D eigenvalue weighted by molar-refractivity contribution is 1.28. The minimum Gasteiger partial charge on any atom is -0.311 e. The van der Waals surface area contributed by atoms with Crippen LogP contribution >= 0.6 is 0 Å². The van der Waals surface area contributed by atoms with E-state index >= 15 is 0 Å². The van der Waals surface area contributed by atoms with Crippen LogP contribution < -0.4 is 4.90 Å². The SMILES string of the molecule is [C-]#[N+]c1ccc(-c2ccc(N(c3ccc(-c4ccccc4)cc3)c3ccc(-c4ccc(C#N)cc4)cc3)cc2)cc1. The molecular weight excluding hydrogens is 498 g/mol. The summed E-state index contributed by atoms with van der Waals surface area (Å²) in [7, 11) is 0. The summed E-state index contributed by atoms with van der Waals surface area (Å²) in [4.78, 5) is 5.75. The van der Waals surface area contributed by atoms with Gasteiger partial charge < -0.3 is 4.90 Å². The molecule has 0 amide bonds. The van der Waals surface area contributed by atoms with Crippen LogP contribution in [0.5, 0.6) is 0 Å². The summed E-state index contributed by atoms with van der Waals surface area (Å²) >= 11 is 0. The summed E-state index contributed by atoms with van der Waals surface area (Å²) in [5.74, 6) is 0. The van der Waals surface area contributed by atoms with Crippen LogP contribution in [0.3, 0.4) is 0 Å². The van der Waals surface area contributed by atoms with Crippen LogP contribution in [0.2, 0.25) is 0 Å². The Hall–Kier alpha value is -5.90. The summed E-state index contributed by atoms with van der Waals surface area (Å²) in [6, 6.07) is 53.6. The molecule has 0 aliphatic carbocycles. The second-order valence-electron chi connectivity index (χ2n) is 9.69. The monoisotopic (exact) mass is 523 g/mol. The zero-order valence-electron chi connectivity index (χ0n) is 22.3. The van der Waals surface area contributed by atoms with Crippen molar-refractivity contribution in [1.82, 2.24) is 0 Å². The van der Waals surface area contributed by atoms with E-state index in [1.807, 2.05) is 54.6 Å². The Kier molecular flexibility index (Phi) is 7.09. The Morgan fingerprint density at radius 2 is 0.780 bits per heavy atom. The Bertz CT molecular complexity index is 1740. The average molecular weight is 524 g/mol. The molecule has 0 radical (unpaired) electrons. The standard InChI is InChI=1S/C38H25N3/c1-40-35-19-11-31(12-20-35)34-17-25-38(26-18-34)41(36-21-13-32(14-22-36)29-5-3-2-4-6-29)37-23-15-33(16-24-37)30-9-7-28(27-39)8-10-30/h2-26H. The molecule has 0 aliphatic rings. The van der Waals surface area contributed by atoms with Crippen molar-refractivity contribution in [3.8, 4) is 39.4 Å². The number of benzene rings is 6. The smallest absolute Gasteiger partial charge is 0.187 e. The molecule has 0 fully saturated rings. The van der Waals surface area contributed by atoms with E-state index in [0.29, 0.717) is 11.3 Å².